The molecule has 3 aromatic rings. The van der Waals surface area contributed by atoms with Crippen molar-refractivity contribution < 1.29 is 14.0 Å². The molecule has 0 N–H and O–H groups in total. The molecule has 1 aliphatic heterocycles. The van der Waals surface area contributed by atoms with Gasteiger partial charge in [0.15, 0.2) is 6.10 Å². The second kappa shape index (κ2) is 8.40. The molecule has 0 amide bonds. The van der Waals surface area contributed by atoms with E-state index in [0.29, 0.717) is 12.5 Å². The first-order valence-electron chi connectivity index (χ1n) is 9.54. The number of hydrogen-bond donors (Lipinski definition) is 0. The molecule has 0 saturated carbocycles. The molecule has 0 aliphatic carbocycles. The monoisotopic (exact) mass is 376 g/mol. The van der Waals surface area contributed by atoms with Crippen molar-refractivity contribution in [2.45, 2.75) is 31.9 Å². The quantitative estimate of drug-likeness (QED) is 0.617. The Bertz CT molecular complexity index is 935. The van der Waals surface area contributed by atoms with Crippen LogP contribution in [-0.2, 0) is 22.3 Å². The fourth-order valence-corrected chi connectivity index (χ4v) is 3.56. The van der Waals surface area contributed by atoms with Crippen molar-refractivity contribution in [3.8, 4) is 0 Å². The van der Waals surface area contributed by atoms with E-state index in [0.717, 1.165) is 35.4 Å². The first kappa shape index (κ1) is 18.4. The molecule has 5 heteroatoms. The fourth-order valence-electron chi connectivity index (χ4n) is 3.56. The zero-order valence-electron chi connectivity index (χ0n) is 16.2. The molecule has 4 rings (SSSR count). The van der Waals surface area contributed by atoms with Gasteiger partial charge in [0.1, 0.15) is 17.4 Å². The Morgan fingerprint density at radius 2 is 1.68 bits per heavy atom. The number of rotatable bonds is 7. The number of methoxy groups -OCH3 is 1. The molecule has 5 nitrogen and oxygen atoms in total. The number of aryl methyl sites for hydroxylation is 3. The summed E-state index contributed by atoms with van der Waals surface area (Å²) in [6.07, 6.45) is 1.44. The van der Waals surface area contributed by atoms with Gasteiger partial charge in [-0.2, -0.15) is 0 Å². The van der Waals surface area contributed by atoms with Gasteiger partial charge in [-0.15, -0.1) is 0 Å². The van der Waals surface area contributed by atoms with Crippen molar-refractivity contribution in [1.82, 2.24) is 5.16 Å². The molecule has 2 heterocycles. The molecule has 28 heavy (non-hydrogen) atoms. The summed E-state index contributed by atoms with van der Waals surface area (Å²) in [5.41, 5.74) is 4.02. The van der Waals surface area contributed by atoms with Gasteiger partial charge in [-0.3, -0.25) is 0 Å². The van der Waals surface area contributed by atoms with E-state index in [1.807, 2.05) is 43.3 Å². The van der Waals surface area contributed by atoms with Crippen LogP contribution < -0.4 is 0 Å². The summed E-state index contributed by atoms with van der Waals surface area (Å²) < 4.78 is 17.3. The third kappa shape index (κ3) is 3.85. The van der Waals surface area contributed by atoms with Crippen LogP contribution >= 0.6 is 0 Å². The smallest absolute Gasteiger partial charge is 0.222 e. The Balaban J connectivity index is 1.58. The Morgan fingerprint density at radius 3 is 2.39 bits per heavy atom. The van der Waals surface area contributed by atoms with Gasteiger partial charge in [0.05, 0.1) is 12.3 Å². The van der Waals surface area contributed by atoms with Crippen molar-refractivity contribution in [1.29, 1.82) is 0 Å². The Hall–Kier alpha value is -2.92. The lowest BCUT2D eigenvalue weighted by molar-refractivity contribution is 0.120. The number of benzene rings is 2. The number of aromatic nitrogens is 1. The molecule has 0 unspecified atom stereocenters. The van der Waals surface area contributed by atoms with Gasteiger partial charge in [0.25, 0.3) is 0 Å². The summed E-state index contributed by atoms with van der Waals surface area (Å²) in [7, 11) is 1.69. The Kier molecular flexibility index (Phi) is 5.53. The largest absolute Gasteiger partial charge is 0.467 e. The van der Waals surface area contributed by atoms with E-state index in [-0.39, 0.29) is 12.1 Å². The van der Waals surface area contributed by atoms with E-state index in [4.69, 9.17) is 19.0 Å². The van der Waals surface area contributed by atoms with Gasteiger partial charge >= 0.3 is 0 Å². The third-order valence-corrected chi connectivity index (χ3v) is 4.97. The minimum Gasteiger partial charge on any atom is -0.467 e. The second-order valence-corrected chi connectivity index (χ2v) is 6.96. The summed E-state index contributed by atoms with van der Waals surface area (Å²) in [5, 5.41) is 4.18. The van der Waals surface area contributed by atoms with Gasteiger partial charge in [0.2, 0.25) is 5.90 Å². The Morgan fingerprint density at radius 1 is 0.964 bits per heavy atom. The molecule has 1 aliphatic rings. The predicted molar refractivity (Wildman–Crippen MR) is 108 cm³/mol. The molecular weight excluding hydrogens is 352 g/mol. The van der Waals surface area contributed by atoms with E-state index in [2.05, 4.69) is 29.4 Å². The lowest BCUT2D eigenvalue weighted by atomic mass is 10.0. The first-order chi connectivity index (χ1) is 13.8. The number of hydrogen-bond acceptors (Lipinski definition) is 5. The van der Waals surface area contributed by atoms with Crippen LogP contribution in [0.1, 0.15) is 34.2 Å². The number of ether oxygens (including phenoxy) is 2. The van der Waals surface area contributed by atoms with Crippen LogP contribution in [0, 0.1) is 6.92 Å². The molecule has 0 saturated heterocycles. The zero-order valence-corrected chi connectivity index (χ0v) is 16.2. The molecule has 1 aromatic heterocycles. The maximum Gasteiger partial charge on any atom is 0.222 e. The van der Waals surface area contributed by atoms with Crippen molar-refractivity contribution in [3.63, 3.8) is 0 Å². The van der Waals surface area contributed by atoms with Crippen LogP contribution in [0.25, 0.3) is 0 Å². The first-order valence-corrected chi connectivity index (χ1v) is 9.54. The molecule has 2 aromatic carbocycles. The van der Waals surface area contributed by atoms with E-state index in [9.17, 15) is 0 Å². The molecule has 0 bridgehead atoms. The van der Waals surface area contributed by atoms with Crippen LogP contribution in [0.4, 0.5) is 0 Å². The van der Waals surface area contributed by atoms with Gasteiger partial charge in [-0.05, 0) is 24.5 Å². The van der Waals surface area contributed by atoms with E-state index in [1.54, 1.807) is 7.11 Å². The number of aliphatic imine (C=N–C) groups is 1. The second-order valence-electron chi connectivity index (χ2n) is 6.96. The van der Waals surface area contributed by atoms with E-state index in [1.165, 1.54) is 5.56 Å². The topological polar surface area (TPSA) is 56.9 Å². The standard InChI is InChI=1S/C23H24N2O3/c1-16-21(20(28-25-16)14-13-17-9-5-3-6-10-17)23-24-19(15-26-2)22(27-23)18-11-7-4-8-12-18/h3-12,19,22H,13-15H2,1-2H3/t19-,22-/m0/s1. The highest BCUT2D eigenvalue weighted by atomic mass is 16.5. The lowest BCUT2D eigenvalue weighted by Crippen LogP contribution is -2.19. The SMILES string of the molecule is COC[C@@H]1N=C(c2c(C)noc2CCc2ccccc2)O[C@H]1c1ccccc1. The molecular formula is C23H24N2O3. The highest BCUT2D eigenvalue weighted by Gasteiger charge is 2.35. The summed E-state index contributed by atoms with van der Waals surface area (Å²) in [4.78, 5) is 4.82. The zero-order chi connectivity index (χ0) is 19.3. The van der Waals surface area contributed by atoms with E-state index >= 15 is 0 Å². The highest BCUT2D eigenvalue weighted by Crippen LogP contribution is 2.33. The predicted octanol–water partition coefficient (Wildman–Crippen LogP) is 4.30. The van der Waals surface area contributed by atoms with Crippen molar-refractivity contribution in [2.75, 3.05) is 13.7 Å². The van der Waals surface area contributed by atoms with Gasteiger partial charge < -0.3 is 14.0 Å². The summed E-state index contributed by atoms with van der Waals surface area (Å²) in [6, 6.07) is 20.4. The maximum atomic E-state index is 6.30. The third-order valence-electron chi connectivity index (χ3n) is 4.97. The molecule has 0 fully saturated rings. The van der Waals surface area contributed by atoms with Crippen LogP contribution in [0.5, 0.6) is 0 Å². The molecule has 0 spiro atoms. The molecule has 0 radical (unpaired) electrons. The average molecular weight is 376 g/mol. The van der Waals surface area contributed by atoms with Crippen molar-refractivity contribution in [3.05, 3.63) is 88.8 Å². The summed E-state index contributed by atoms with van der Waals surface area (Å²) in [5.74, 6) is 1.41. The van der Waals surface area contributed by atoms with Gasteiger partial charge in [-0.25, -0.2) is 4.99 Å². The van der Waals surface area contributed by atoms with Crippen LogP contribution in [0.2, 0.25) is 0 Å². The van der Waals surface area contributed by atoms with E-state index < -0.39 is 0 Å². The van der Waals surface area contributed by atoms with Gasteiger partial charge in [0, 0.05) is 13.5 Å². The van der Waals surface area contributed by atoms with Crippen molar-refractivity contribution in [2.24, 2.45) is 4.99 Å². The molecule has 2 atom stereocenters. The summed E-state index contributed by atoms with van der Waals surface area (Å²) in [6.45, 7) is 2.42. The minimum absolute atomic E-state index is 0.0985. The maximum absolute atomic E-state index is 6.30. The number of nitrogens with zero attached hydrogens (tertiary/aromatic N) is 2. The van der Waals surface area contributed by atoms with Crippen LogP contribution in [0.3, 0.4) is 0 Å². The average Bonchev–Trinajstić information content (AvgIpc) is 3.31. The van der Waals surface area contributed by atoms with Gasteiger partial charge in [-0.1, -0.05) is 65.8 Å². The fraction of sp³-hybridized carbons (Fsp3) is 0.304. The molecule has 144 valence electrons. The highest BCUT2D eigenvalue weighted by molar-refractivity contribution is 5.97. The van der Waals surface area contributed by atoms with Crippen LogP contribution in [0.15, 0.2) is 70.2 Å². The summed E-state index contributed by atoms with van der Waals surface area (Å²) >= 11 is 0. The van der Waals surface area contributed by atoms with Crippen molar-refractivity contribution >= 4 is 5.90 Å². The lowest BCUT2D eigenvalue weighted by Gasteiger charge is -2.17. The normalized spacial score (nSPS) is 18.7. The minimum atomic E-state index is -0.174. The Labute approximate surface area is 165 Å². The van der Waals surface area contributed by atoms with Crippen LogP contribution in [-0.4, -0.2) is 30.8 Å².